The van der Waals surface area contributed by atoms with E-state index in [1.807, 2.05) is 23.5 Å². The molecule has 0 unspecified atom stereocenters. The van der Waals surface area contributed by atoms with E-state index in [0.29, 0.717) is 0 Å². The topological polar surface area (TPSA) is 18.1 Å². The number of furan rings is 1. The number of fused-ring (bicyclic) bond motifs is 9. The molecule has 3 aromatic heterocycles. The fourth-order valence-electron chi connectivity index (χ4n) is 8.81. The number of hydrogen-bond acceptors (Lipinski definition) is 2. The molecule has 0 saturated heterocycles. The van der Waals surface area contributed by atoms with E-state index in [4.69, 9.17) is 4.42 Å². The lowest BCUT2D eigenvalue weighted by molar-refractivity contribution is 0.669. The van der Waals surface area contributed by atoms with Crippen LogP contribution < -0.4 is 0 Å². The highest BCUT2D eigenvalue weighted by Gasteiger charge is 2.15. The fourth-order valence-corrected chi connectivity index (χ4v) is 9.87. The third-order valence-electron chi connectivity index (χ3n) is 11.6. The molecular weight excluding hydrogens is 711 g/mol. The second-order valence-corrected chi connectivity index (χ2v) is 16.0. The van der Waals surface area contributed by atoms with Gasteiger partial charge in [-0.05, 0) is 123 Å². The Morgan fingerprint density at radius 1 is 0.298 bits per heavy atom. The average molecular weight is 744 g/mol. The second kappa shape index (κ2) is 12.7. The molecule has 57 heavy (non-hydrogen) atoms. The monoisotopic (exact) mass is 743 g/mol. The summed E-state index contributed by atoms with van der Waals surface area (Å²) in [6, 6.07) is 72.9. The predicted octanol–water partition coefficient (Wildman–Crippen LogP) is 15.7. The smallest absolute Gasteiger partial charge is 0.135 e. The van der Waals surface area contributed by atoms with Crippen LogP contribution in [0.3, 0.4) is 0 Å². The molecule has 0 atom stereocenters. The minimum absolute atomic E-state index is 0.918. The zero-order valence-corrected chi connectivity index (χ0v) is 31.6. The van der Waals surface area contributed by atoms with Crippen molar-refractivity contribution in [1.29, 1.82) is 0 Å². The number of hydrogen-bond donors (Lipinski definition) is 0. The average Bonchev–Trinajstić information content (AvgIpc) is 3.95. The number of aromatic nitrogens is 1. The van der Waals surface area contributed by atoms with Crippen molar-refractivity contribution in [3.8, 4) is 50.2 Å². The van der Waals surface area contributed by atoms with Crippen LogP contribution in [-0.2, 0) is 0 Å². The third kappa shape index (κ3) is 5.24. The van der Waals surface area contributed by atoms with Gasteiger partial charge in [-0.3, -0.25) is 0 Å². The van der Waals surface area contributed by atoms with Gasteiger partial charge in [0.25, 0.3) is 0 Å². The molecule has 0 bridgehead atoms. The maximum atomic E-state index is 6.11. The number of thiophene rings is 1. The molecule has 0 N–H and O–H groups in total. The largest absolute Gasteiger partial charge is 0.456 e. The van der Waals surface area contributed by atoms with Crippen molar-refractivity contribution in [1.82, 2.24) is 4.57 Å². The molecule has 0 amide bonds. The zero-order valence-electron chi connectivity index (χ0n) is 30.8. The van der Waals surface area contributed by atoms with Crippen molar-refractivity contribution in [2.24, 2.45) is 0 Å². The summed E-state index contributed by atoms with van der Waals surface area (Å²) in [6.45, 7) is 0. The zero-order chi connectivity index (χ0) is 37.5. The summed E-state index contributed by atoms with van der Waals surface area (Å²) >= 11 is 1.86. The van der Waals surface area contributed by atoms with Gasteiger partial charge < -0.3 is 8.98 Å². The van der Waals surface area contributed by atoms with Gasteiger partial charge in [0.1, 0.15) is 11.2 Å². The van der Waals surface area contributed by atoms with E-state index in [-0.39, 0.29) is 0 Å². The summed E-state index contributed by atoms with van der Waals surface area (Å²) in [7, 11) is 0. The number of para-hydroxylation sites is 2. The normalized spacial score (nSPS) is 11.9. The van der Waals surface area contributed by atoms with Gasteiger partial charge in [0, 0.05) is 47.4 Å². The van der Waals surface area contributed by atoms with E-state index < -0.39 is 0 Å². The molecule has 0 spiro atoms. The summed E-state index contributed by atoms with van der Waals surface area (Å²) < 4.78 is 11.1. The van der Waals surface area contributed by atoms with Crippen molar-refractivity contribution in [3.63, 3.8) is 0 Å². The van der Waals surface area contributed by atoms with Crippen LogP contribution in [0.25, 0.3) is 114 Å². The maximum Gasteiger partial charge on any atom is 0.135 e. The SMILES string of the molecule is c1ccc(-c2ccc3c(c2)c2ccccc2n3-c2cccc(-c3ccc4sc5ccc(-c6cccc(-c7ccc8oc9ccccc9c8c7)c6)cc5c4c3)c2)cc1. The lowest BCUT2D eigenvalue weighted by Crippen LogP contribution is -1.94. The number of benzene rings is 9. The van der Waals surface area contributed by atoms with Gasteiger partial charge in [0.2, 0.25) is 0 Å². The van der Waals surface area contributed by atoms with Crippen LogP contribution in [0.15, 0.2) is 205 Å². The molecule has 12 aromatic rings. The Hall–Kier alpha value is -7.20. The summed E-state index contributed by atoms with van der Waals surface area (Å²) in [5, 5.41) is 7.40. The molecule has 3 heteroatoms. The molecule has 2 nitrogen and oxygen atoms in total. The van der Waals surface area contributed by atoms with Crippen molar-refractivity contribution in [3.05, 3.63) is 200 Å². The molecule has 9 aromatic carbocycles. The number of rotatable bonds is 5. The summed E-state index contributed by atoms with van der Waals surface area (Å²) in [4.78, 5) is 0. The highest BCUT2D eigenvalue weighted by atomic mass is 32.1. The molecule has 266 valence electrons. The van der Waals surface area contributed by atoms with Crippen molar-refractivity contribution >= 4 is 75.3 Å². The first-order valence-electron chi connectivity index (χ1n) is 19.4. The van der Waals surface area contributed by atoms with Gasteiger partial charge in [-0.25, -0.2) is 0 Å². The highest BCUT2D eigenvalue weighted by Crippen LogP contribution is 2.41. The lowest BCUT2D eigenvalue weighted by Gasteiger charge is -2.11. The van der Waals surface area contributed by atoms with Gasteiger partial charge in [-0.1, -0.05) is 121 Å². The Labute approximate surface area is 333 Å². The Morgan fingerprint density at radius 2 is 0.807 bits per heavy atom. The van der Waals surface area contributed by atoms with Crippen LogP contribution in [0, 0.1) is 0 Å². The summed E-state index contributed by atoms with van der Waals surface area (Å²) in [6.07, 6.45) is 0. The molecule has 0 saturated carbocycles. The van der Waals surface area contributed by atoms with Crippen LogP contribution >= 0.6 is 11.3 Å². The molecule has 0 radical (unpaired) electrons. The highest BCUT2D eigenvalue weighted by molar-refractivity contribution is 7.25. The lowest BCUT2D eigenvalue weighted by atomic mass is 9.96. The van der Waals surface area contributed by atoms with Crippen molar-refractivity contribution in [2.75, 3.05) is 0 Å². The van der Waals surface area contributed by atoms with Gasteiger partial charge in [0.15, 0.2) is 0 Å². The first kappa shape index (κ1) is 32.1. The van der Waals surface area contributed by atoms with Gasteiger partial charge in [-0.15, -0.1) is 11.3 Å². The van der Waals surface area contributed by atoms with E-state index in [2.05, 4.69) is 193 Å². The Morgan fingerprint density at radius 3 is 1.58 bits per heavy atom. The van der Waals surface area contributed by atoms with Crippen LogP contribution in [0.4, 0.5) is 0 Å². The molecular formula is C54H33NOS. The van der Waals surface area contributed by atoms with Crippen LogP contribution in [-0.4, -0.2) is 4.57 Å². The quantitative estimate of drug-likeness (QED) is 0.172. The second-order valence-electron chi connectivity index (χ2n) is 14.9. The predicted molar refractivity (Wildman–Crippen MR) is 243 cm³/mol. The molecule has 12 rings (SSSR count). The molecule has 0 aliphatic carbocycles. The molecule has 0 aliphatic heterocycles. The van der Waals surface area contributed by atoms with Crippen molar-refractivity contribution in [2.45, 2.75) is 0 Å². The van der Waals surface area contributed by atoms with E-state index in [9.17, 15) is 0 Å². The third-order valence-corrected chi connectivity index (χ3v) is 12.7. The summed E-state index contributed by atoms with van der Waals surface area (Å²) in [5.41, 5.74) is 15.1. The van der Waals surface area contributed by atoms with Gasteiger partial charge in [-0.2, -0.15) is 0 Å². The first-order chi connectivity index (χ1) is 28.2. The van der Waals surface area contributed by atoms with Gasteiger partial charge >= 0.3 is 0 Å². The van der Waals surface area contributed by atoms with E-state index in [0.717, 1.165) is 27.6 Å². The first-order valence-corrected chi connectivity index (χ1v) is 20.2. The van der Waals surface area contributed by atoms with E-state index in [1.54, 1.807) is 0 Å². The molecule has 0 aliphatic rings. The summed E-state index contributed by atoms with van der Waals surface area (Å²) in [5.74, 6) is 0. The van der Waals surface area contributed by atoms with Crippen LogP contribution in [0.1, 0.15) is 0 Å². The Bertz CT molecular complexity index is 3530. The molecule has 3 heterocycles. The maximum absolute atomic E-state index is 6.11. The number of nitrogens with zero attached hydrogens (tertiary/aromatic N) is 1. The minimum Gasteiger partial charge on any atom is -0.456 e. The van der Waals surface area contributed by atoms with Crippen LogP contribution in [0.5, 0.6) is 0 Å². The van der Waals surface area contributed by atoms with Crippen LogP contribution in [0.2, 0.25) is 0 Å². The van der Waals surface area contributed by atoms with Gasteiger partial charge in [0.05, 0.1) is 11.0 Å². The van der Waals surface area contributed by atoms with Crippen molar-refractivity contribution < 1.29 is 4.42 Å². The Kier molecular flexibility index (Phi) is 7.13. The standard InChI is InChI=1S/C54H33NOS/c1-2-10-34(11-3-1)38-20-24-50-45(30-38)43-16-4-6-18-49(43)55(50)42-15-9-14-37(29-42)41-23-27-54-48(33-41)47-32-40(22-26-53(47)57-54)36-13-8-12-35(28-36)39-21-25-52-46(31-39)44-17-5-7-19-51(44)56-52/h1-33H. The Balaban J connectivity index is 0.929. The van der Waals surface area contributed by atoms with E-state index in [1.165, 1.54) is 86.5 Å². The minimum atomic E-state index is 0.918. The van der Waals surface area contributed by atoms with E-state index >= 15 is 0 Å². The fraction of sp³-hybridized carbons (Fsp3) is 0. The molecule has 0 fully saturated rings.